The molecule has 2 saturated carbocycles. The Morgan fingerprint density at radius 3 is 2.77 bits per heavy atom. The van der Waals surface area contributed by atoms with Gasteiger partial charge in [0, 0.05) is 25.9 Å². The molecule has 1 amide bonds. The SMILES string of the molecule is COc1cncc(C2=CCC3C4CCC5=CC(=O)N(C)CCC5(C)C4CCC23C)c1. The van der Waals surface area contributed by atoms with Crippen LogP contribution in [0.4, 0.5) is 0 Å². The number of methoxy groups -OCH3 is 1. The number of aromatic nitrogens is 1. The lowest BCUT2D eigenvalue weighted by Gasteiger charge is -2.57. The molecule has 30 heavy (non-hydrogen) atoms. The fraction of sp³-hybridized carbons (Fsp3) is 0.615. The van der Waals surface area contributed by atoms with Crippen LogP contribution in [0.5, 0.6) is 5.75 Å². The highest BCUT2D eigenvalue weighted by Gasteiger charge is 2.57. The monoisotopic (exact) mass is 406 g/mol. The summed E-state index contributed by atoms with van der Waals surface area (Å²) >= 11 is 0. The molecule has 5 rings (SSSR count). The Morgan fingerprint density at radius 1 is 1.13 bits per heavy atom. The van der Waals surface area contributed by atoms with Crippen LogP contribution >= 0.6 is 0 Å². The molecule has 0 spiro atoms. The van der Waals surface area contributed by atoms with Crippen LogP contribution in [0.2, 0.25) is 0 Å². The van der Waals surface area contributed by atoms with Crippen molar-refractivity contribution in [1.82, 2.24) is 9.88 Å². The van der Waals surface area contributed by atoms with Crippen LogP contribution in [0, 0.1) is 28.6 Å². The third-order valence-corrected chi connectivity index (χ3v) is 9.22. The van der Waals surface area contributed by atoms with Crippen molar-refractivity contribution in [3.63, 3.8) is 0 Å². The lowest BCUT2D eigenvalue weighted by molar-refractivity contribution is -0.124. The number of ether oxygens (including phenoxy) is 1. The number of fused-ring (bicyclic) bond motifs is 5. The summed E-state index contributed by atoms with van der Waals surface area (Å²) in [6.45, 7) is 5.82. The third-order valence-electron chi connectivity index (χ3n) is 9.22. The molecule has 4 nitrogen and oxygen atoms in total. The number of nitrogens with zero attached hydrogens (tertiary/aromatic N) is 2. The normalized spacial score (nSPS) is 38.1. The molecule has 1 aromatic rings. The third kappa shape index (κ3) is 2.79. The Hall–Kier alpha value is -2.10. The Balaban J connectivity index is 1.46. The van der Waals surface area contributed by atoms with E-state index in [1.807, 2.05) is 24.2 Å². The van der Waals surface area contributed by atoms with Gasteiger partial charge in [-0.2, -0.15) is 0 Å². The first-order valence-corrected chi connectivity index (χ1v) is 11.5. The van der Waals surface area contributed by atoms with Crippen LogP contribution in [-0.2, 0) is 4.79 Å². The lowest BCUT2D eigenvalue weighted by atomic mass is 9.47. The fourth-order valence-electron chi connectivity index (χ4n) is 7.37. The first-order valence-electron chi connectivity index (χ1n) is 11.5. The molecule has 3 aliphatic carbocycles. The summed E-state index contributed by atoms with van der Waals surface area (Å²) in [7, 11) is 3.66. The Morgan fingerprint density at radius 2 is 1.97 bits per heavy atom. The molecule has 5 unspecified atom stereocenters. The molecule has 0 bridgehead atoms. The van der Waals surface area contributed by atoms with Crippen LogP contribution in [0.25, 0.3) is 5.57 Å². The quantitative estimate of drug-likeness (QED) is 0.685. The van der Waals surface area contributed by atoms with E-state index in [1.54, 1.807) is 13.3 Å². The maximum absolute atomic E-state index is 12.5. The van der Waals surface area contributed by atoms with Gasteiger partial charge < -0.3 is 9.64 Å². The van der Waals surface area contributed by atoms with Gasteiger partial charge in [-0.3, -0.25) is 9.78 Å². The Kier molecular flexibility index (Phi) is 4.61. The van der Waals surface area contributed by atoms with E-state index in [1.165, 1.54) is 36.0 Å². The van der Waals surface area contributed by atoms with Gasteiger partial charge in [-0.1, -0.05) is 25.5 Å². The van der Waals surface area contributed by atoms with Crippen molar-refractivity contribution in [3.05, 3.63) is 41.7 Å². The van der Waals surface area contributed by atoms with Crippen LogP contribution in [0.15, 0.2) is 36.2 Å². The summed E-state index contributed by atoms with van der Waals surface area (Å²) in [5, 5.41) is 0. The van der Waals surface area contributed by atoms with Crippen LogP contribution in [-0.4, -0.2) is 36.5 Å². The van der Waals surface area contributed by atoms with Crippen molar-refractivity contribution >= 4 is 11.5 Å². The molecular weight excluding hydrogens is 372 g/mol. The molecule has 0 radical (unpaired) electrons. The van der Waals surface area contributed by atoms with Crippen molar-refractivity contribution in [2.75, 3.05) is 20.7 Å². The maximum Gasteiger partial charge on any atom is 0.246 e. The first kappa shape index (κ1) is 19.8. The van der Waals surface area contributed by atoms with Crippen molar-refractivity contribution < 1.29 is 9.53 Å². The molecule has 0 N–H and O–H groups in total. The van der Waals surface area contributed by atoms with E-state index in [0.717, 1.165) is 37.5 Å². The summed E-state index contributed by atoms with van der Waals surface area (Å²) in [6, 6.07) is 2.15. The van der Waals surface area contributed by atoms with Gasteiger partial charge in [0.05, 0.1) is 13.3 Å². The molecule has 4 aliphatic rings. The van der Waals surface area contributed by atoms with Crippen LogP contribution < -0.4 is 4.74 Å². The van der Waals surface area contributed by atoms with Gasteiger partial charge in [-0.05, 0) is 84.3 Å². The second-order valence-electron chi connectivity index (χ2n) is 10.4. The topological polar surface area (TPSA) is 42.4 Å². The fourth-order valence-corrected chi connectivity index (χ4v) is 7.37. The number of carbonyl (C=O) groups excluding carboxylic acids is 1. The summed E-state index contributed by atoms with van der Waals surface area (Å²) in [6.07, 6.45) is 15.3. The number of pyridine rings is 1. The number of likely N-dealkylation sites (N-methyl/N-ethyl adjacent to an activating group) is 1. The molecule has 2 heterocycles. The zero-order valence-corrected chi connectivity index (χ0v) is 18.8. The molecule has 0 saturated heterocycles. The number of allylic oxidation sites excluding steroid dienone is 3. The van der Waals surface area contributed by atoms with Crippen LogP contribution in [0.1, 0.15) is 57.9 Å². The highest BCUT2D eigenvalue weighted by Crippen LogP contribution is 2.66. The molecule has 4 heteroatoms. The minimum absolute atomic E-state index is 0.172. The number of hydrogen-bond donors (Lipinski definition) is 0. The average Bonchev–Trinajstić information content (AvgIpc) is 3.05. The zero-order valence-electron chi connectivity index (χ0n) is 18.8. The summed E-state index contributed by atoms with van der Waals surface area (Å²) in [5.41, 5.74) is 4.50. The van der Waals surface area contributed by atoms with Crippen molar-refractivity contribution in [1.29, 1.82) is 0 Å². The first-order chi connectivity index (χ1) is 14.4. The molecule has 5 atom stereocenters. The molecular formula is C26H34N2O2. The van der Waals surface area contributed by atoms with Gasteiger partial charge in [-0.15, -0.1) is 0 Å². The second kappa shape index (κ2) is 6.96. The van der Waals surface area contributed by atoms with E-state index >= 15 is 0 Å². The average molecular weight is 407 g/mol. The van der Waals surface area contributed by atoms with E-state index in [-0.39, 0.29) is 16.7 Å². The minimum atomic E-state index is 0.172. The molecule has 1 aromatic heterocycles. The zero-order chi connectivity index (χ0) is 21.1. The lowest BCUT2D eigenvalue weighted by Crippen LogP contribution is -2.49. The van der Waals surface area contributed by atoms with E-state index in [0.29, 0.717) is 11.8 Å². The second-order valence-corrected chi connectivity index (χ2v) is 10.4. The van der Waals surface area contributed by atoms with E-state index in [2.05, 4.69) is 31.0 Å². The largest absolute Gasteiger partial charge is 0.495 e. The van der Waals surface area contributed by atoms with E-state index in [9.17, 15) is 4.79 Å². The predicted molar refractivity (Wildman–Crippen MR) is 119 cm³/mol. The van der Waals surface area contributed by atoms with Gasteiger partial charge in [0.1, 0.15) is 5.75 Å². The van der Waals surface area contributed by atoms with Crippen molar-refractivity contribution in [2.24, 2.45) is 28.6 Å². The minimum Gasteiger partial charge on any atom is -0.495 e. The highest BCUT2D eigenvalue weighted by atomic mass is 16.5. The van der Waals surface area contributed by atoms with Gasteiger partial charge in [0.2, 0.25) is 5.91 Å². The van der Waals surface area contributed by atoms with Gasteiger partial charge in [0.25, 0.3) is 0 Å². The molecule has 0 aromatic carbocycles. The summed E-state index contributed by atoms with van der Waals surface area (Å²) < 4.78 is 5.44. The van der Waals surface area contributed by atoms with Gasteiger partial charge >= 0.3 is 0 Å². The highest BCUT2D eigenvalue weighted by molar-refractivity contribution is 5.88. The standard InChI is InChI=1S/C26H34N2O2/c1-25-11-12-28(3)24(29)14-18(25)5-6-20-22-8-7-21(26(22,2)10-9-23(20)25)17-13-19(30-4)16-27-15-17/h7,13-16,20,22-23H,5-6,8-12H2,1-4H3. The summed E-state index contributed by atoms with van der Waals surface area (Å²) in [4.78, 5) is 18.8. The molecule has 2 fully saturated rings. The predicted octanol–water partition coefficient (Wildman–Crippen LogP) is 5.11. The molecule has 1 aliphatic heterocycles. The Labute approximate surface area is 180 Å². The van der Waals surface area contributed by atoms with Crippen LogP contribution in [0.3, 0.4) is 0 Å². The summed E-state index contributed by atoms with van der Waals surface area (Å²) in [5.74, 6) is 3.14. The Bertz CT molecular complexity index is 935. The van der Waals surface area contributed by atoms with Gasteiger partial charge in [-0.25, -0.2) is 0 Å². The van der Waals surface area contributed by atoms with Crippen molar-refractivity contribution in [3.8, 4) is 5.75 Å². The number of hydrogen-bond acceptors (Lipinski definition) is 3. The smallest absolute Gasteiger partial charge is 0.246 e. The van der Waals surface area contributed by atoms with E-state index in [4.69, 9.17) is 4.74 Å². The molecule has 160 valence electrons. The maximum atomic E-state index is 12.5. The van der Waals surface area contributed by atoms with Crippen molar-refractivity contribution in [2.45, 2.75) is 52.4 Å². The number of amides is 1. The van der Waals surface area contributed by atoms with Gasteiger partial charge in [0.15, 0.2) is 0 Å². The number of rotatable bonds is 2. The van der Waals surface area contributed by atoms with E-state index < -0.39 is 0 Å². The number of carbonyl (C=O) groups is 1.